The summed E-state index contributed by atoms with van der Waals surface area (Å²) in [7, 11) is 2.12. The van der Waals surface area contributed by atoms with Crippen molar-refractivity contribution in [2.24, 2.45) is 5.41 Å². The third-order valence-corrected chi connectivity index (χ3v) is 4.45. The molecule has 4 heteroatoms. The van der Waals surface area contributed by atoms with Crippen LogP contribution >= 0.6 is 0 Å². The Morgan fingerprint density at radius 1 is 1.30 bits per heavy atom. The number of anilines is 2. The molecule has 1 fully saturated rings. The fourth-order valence-corrected chi connectivity index (χ4v) is 3.24. The average molecular weight is 274 g/mol. The first kappa shape index (κ1) is 13.4. The van der Waals surface area contributed by atoms with Gasteiger partial charge in [-0.25, -0.2) is 0 Å². The van der Waals surface area contributed by atoms with Gasteiger partial charge in [-0.15, -0.1) is 0 Å². The summed E-state index contributed by atoms with van der Waals surface area (Å²) in [6.45, 7) is 4.07. The first-order chi connectivity index (χ1) is 9.74. The maximum Gasteiger partial charge on any atom is 0.130 e. The zero-order valence-electron chi connectivity index (χ0n) is 12.0. The number of hydrogen-bond donors (Lipinski definition) is 0. The van der Waals surface area contributed by atoms with Crippen LogP contribution in [0.3, 0.4) is 0 Å². The number of nitrogens with zero attached hydrogens (tertiary/aromatic N) is 2. The molecule has 0 N–H and O–H groups in total. The summed E-state index contributed by atoms with van der Waals surface area (Å²) in [4.78, 5) is 16.2. The molecule has 1 aromatic carbocycles. The molecule has 0 aliphatic carbocycles. The summed E-state index contributed by atoms with van der Waals surface area (Å²) >= 11 is 0. The maximum atomic E-state index is 11.6. The van der Waals surface area contributed by atoms with E-state index >= 15 is 0 Å². The zero-order valence-corrected chi connectivity index (χ0v) is 12.0. The lowest BCUT2D eigenvalue weighted by Gasteiger charge is -2.42. The molecule has 0 bridgehead atoms. The molecule has 4 nitrogen and oxygen atoms in total. The highest BCUT2D eigenvalue weighted by atomic mass is 16.5. The third kappa shape index (κ3) is 2.40. The summed E-state index contributed by atoms with van der Waals surface area (Å²) in [5.41, 5.74) is 2.14. The highest BCUT2D eigenvalue weighted by molar-refractivity contribution is 5.74. The van der Waals surface area contributed by atoms with Crippen molar-refractivity contribution in [1.29, 1.82) is 0 Å². The van der Waals surface area contributed by atoms with Crippen molar-refractivity contribution in [2.45, 2.75) is 12.8 Å². The number of fused-ring (bicyclic) bond motifs is 1. The van der Waals surface area contributed by atoms with Crippen molar-refractivity contribution < 1.29 is 9.53 Å². The molecule has 3 rings (SSSR count). The second kappa shape index (κ2) is 5.44. The quantitative estimate of drug-likeness (QED) is 0.789. The van der Waals surface area contributed by atoms with Gasteiger partial charge in [-0.1, -0.05) is 12.1 Å². The highest BCUT2D eigenvalue weighted by Gasteiger charge is 2.36. The number of hydrogen-bond acceptors (Lipinski definition) is 4. The van der Waals surface area contributed by atoms with Crippen LogP contribution < -0.4 is 9.80 Å². The topological polar surface area (TPSA) is 32.8 Å². The van der Waals surface area contributed by atoms with Crippen LogP contribution in [0.2, 0.25) is 0 Å². The van der Waals surface area contributed by atoms with Gasteiger partial charge in [-0.05, 0) is 25.0 Å². The Labute approximate surface area is 120 Å². The second-order valence-electron chi connectivity index (χ2n) is 5.97. The van der Waals surface area contributed by atoms with Gasteiger partial charge in [-0.3, -0.25) is 0 Å². The molecule has 2 heterocycles. The van der Waals surface area contributed by atoms with E-state index in [4.69, 9.17) is 4.74 Å². The van der Waals surface area contributed by atoms with Crippen molar-refractivity contribution in [3.8, 4) is 0 Å². The van der Waals surface area contributed by atoms with E-state index in [9.17, 15) is 4.79 Å². The van der Waals surface area contributed by atoms with Gasteiger partial charge < -0.3 is 19.3 Å². The smallest absolute Gasteiger partial charge is 0.130 e. The number of benzene rings is 1. The molecule has 1 atom stereocenters. The fourth-order valence-electron chi connectivity index (χ4n) is 3.24. The summed E-state index contributed by atoms with van der Waals surface area (Å²) < 4.78 is 5.56. The normalized spacial score (nSPS) is 26.2. The Bertz CT molecular complexity index is 483. The molecule has 2 aliphatic rings. The van der Waals surface area contributed by atoms with Crippen molar-refractivity contribution >= 4 is 17.7 Å². The van der Waals surface area contributed by atoms with Crippen LogP contribution in [0.4, 0.5) is 11.4 Å². The number of likely N-dealkylation sites (N-methyl/N-ethyl adjacent to an activating group) is 1. The van der Waals surface area contributed by atoms with Crippen LogP contribution in [-0.4, -0.2) is 46.2 Å². The predicted molar refractivity (Wildman–Crippen MR) is 80.5 cm³/mol. The lowest BCUT2D eigenvalue weighted by molar-refractivity contribution is -0.122. The molecule has 0 saturated carbocycles. The minimum atomic E-state index is -0.332. The Morgan fingerprint density at radius 2 is 2.10 bits per heavy atom. The number of carbonyl (C=O) groups excluding carboxylic acids is 1. The fraction of sp³-hybridized carbons (Fsp3) is 0.562. The van der Waals surface area contributed by atoms with E-state index in [-0.39, 0.29) is 5.41 Å². The van der Waals surface area contributed by atoms with Gasteiger partial charge >= 0.3 is 0 Å². The number of ether oxygens (including phenoxy) is 1. The van der Waals surface area contributed by atoms with Crippen molar-refractivity contribution in [1.82, 2.24) is 0 Å². The lowest BCUT2D eigenvalue weighted by atomic mass is 9.83. The summed E-state index contributed by atoms with van der Waals surface area (Å²) in [6, 6.07) is 8.42. The predicted octanol–water partition coefficient (Wildman–Crippen LogP) is 1.94. The van der Waals surface area contributed by atoms with Gasteiger partial charge in [0.2, 0.25) is 0 Å². The second-order valence-corrected chi connectivity index (χ2v) is 5.97. The van der Waals surface area contributed by atoms with Crippen molar-refractivity contribution in [2.75, 3.05) is 49.7 Å². The van der Waals surface area contributed by atoms with Crippen LogP contribution in [0.1, 0.15) is 12.8 Å². The van der Waals surface area contributed by atoms with E-state index in [1.807, 2.05) is 0 Å². The molecule has 2 aliphatic heterocycles. The molecular formula is C16H22N2O2. The van der Waals surface area contributed by atoms with E-state index in [0.29, 0.717) is 6.61 Å². The maximum absolute atomic E-state index is 11.6. The lowest BCUT2D eigenvalue weighted by Crippen LogP contribution is -2.48. The minimum Gasteiger partial charge on any atom is -0.380 e. The molecule has 0 aromatic heterocycles. The van der Waals surface area contributed by atoms with Crippen LogP contribution in [0.15, 0.2) is 24.3 Å². The van der Waals surface area contributed by atoms with Gasteiger partial charge in [0.25, 0.3) is 0 Å². The Hall–Kier alpha value is -1.55. The SMILES string of the molecule is CN1CCN(CC2(C=O)CCCOC2)c2ccccc21. The molecule has 108 valence electrons. The number of rotatable bonds is 3. The molecule has 1 unspecified atom stereocenters. The van der Waals surface area contributed by atoms with E-state index in [1.165, 1.54) is 11.4 Å². The van der Waals surface area contributed by atoms with Crippen LogP contribution in [0, 0.1) is 5.41 Å². The minimum absolute atomic E-state index is 0.332. The molecular weight excluding hydrogens is 252 g/mol. The van der Waals surface area contributed by atoms with Crippen LogP contribution in [0.5, 0.6) is 0 Å². The molecule has 1 saturated heterocycles. The number of aldehydes is 1. The van der Waals surface area contributed by atoms with E-state index in [2.05, 4.69) is 41.1 Å². The molecule has 1 aromatic rings. The molecule has 0 spiro atoms. The van der Waals surface area contributed by atoms with E-state index < -0.39 is 0 Å². The average Bonchev–Trinajstić information content (AvgIpc) is 2.51. The van der Waals surface area contributed by atoms with Gasteiger partial charge in [0.05, 0.1) is 23.4 Å². The zero-order chi connectivity index (χ0) is 14.0. The monoisotopic (exact) mass is 274 g/mol. The van der Waals surface area contributed by atoms with Crippen molar-refractivity contribution in [3.05, 3.63) is 24.3 Å². The van der Waals surface area contributed by atoms with E-state index in [1.54, 1.807) is 0 Å². The standard InChI is InChI=1S/C16H22N2O2/c1-17-8-9-18(15-6-3-2-5-14(15)17)11-16(12-19)7-4-10-20-13-16/h2-3,5-6,12H,4,7-11,13H2,1H3. The van der Waals surface area contributed by atoms with Crippen LogP contribution in [-0.2, 0) is 9.53 Å². The van der Waals surface area contributed by atoms with Gasteiger partial charge in [0, 0.05) is 33.3 Å². The van der Waals surface area contributed by atoms with Crippen molar-refractivity contribution in [3.63, 3.8) is 0 Å². The van der Waals surface area contributed by atoms with Gasteiger partial charge in [-0.2, -0.15) is 0 Å². The first-order valence-electron chi connectivity index (χ1n) is 7.33. The summed E-state index contributed by atoms with van der Waals surface area (Å²) in [6.07, 6.45) is 3.03. The molecule has 0 amide bonds. The number of para-hydroxylation sites is 2. The number of carbonyl (C=O) groups is 1. The van der Waals surface area contributed by atoms with E-state index in [0.717, 1.165) is 45.4 Å². The Kier molecular flexibility index (Phi) is 3.66. The largest absolute Gasteiger partial charge is 0.380 e. The Balaban J connectivity index is 1.84. The Morgan fingerprint density at radius 3 is 2.80 bits per heavy atom. The third-order valence-electron chi connectivity index (χ3n) is 4.45. The molecule has 0 radical (unpaired) electrons. The summed E-state index contributed by atoms with van der Waals surface area (Å²) in [5.74, 6) is 0. The first-order valence-corrected chi connectivity index (χ1v) is 7.33. The van der Waals surface area contributed by atoms with Gasteiger partial charge in [0.1, 0.15) is 6.29 Å². The van der Waals surface area contributed by atoms with Crippen LogP contribution in [0.25, 0.3) is 0 Å². The summed E-state index contributed by atoms with van der Waals surface area (Å²) in [5, 5.41) is 0. The molecule has 20 heavy (non-hydrogen) atoms. The highest BCUT2D eigenvalue weighted by Crippen LogP contribution is 2.35. The van der Waals surface area contributed by atoms with Gasteiger partial charge in [0.15, 0.2) is 0 Å².